The zero-order chi connectivity index (χ0) is 15.4. The summed E-state index contributed by atoms with van der Waals surface area (Å²) in [5.41, 5.74) is 4.48. The van der Waals surface area contributed by atoms with Gasteiger partial charge in [-0.3, -0.25) is 11.3 Å². The van der Waals surface area contributed by atoms with E-state index in [1.54, 1.807) is 13.2 Å². The molecule has 1 unspecified atom stereocenters. The molecule has 2 aromatic carbocycles. The van der Waals surface area contributed by atoms with Crippen LogP contribution in [0.1, 0.15) is 17.2 Å². The lowest BCUT2D eigenvalue weighted by atomic mass is 9.98. The van der Waals surface area contributed by atoms with Crippen LogP contribution in [0.2, 0.25) is 0 Å². The predicted octanol–water partition coefficient (Wildman–Crippen LogP) is 4.11. The molecule has 2 rings (SSSR count). The average molecular weight is 418 g/mol. The molecule has 21 heavy (non-hydrogen) atoms. The van der Waals surface area contributed by atoms with Gasteiger partial charge in [-0.2, -0.15) is 0 Å². The van der Waals surface area contributed by atoms with Crippen molar-refractivity contribution in [1.82, 2.24) is 5.43 Å². The van der Waals surface area contributed by atoms with Crippen LogP contribution < -0.4 is 16.0 Å². The number of rotatable bonds is 5. The van der Waals surface area contributed by atoms with E-state index in [1.165, 1.54) is 12.1 Å². The van der Waals surface area contributed by atoms with Gasteiger partial charge in [0.15, 0.2) is 0 Å². The van der Waals surface area contributed by atoms with Crippen molar-refractivity contribution in [2.45, 2.75) is 12.5 Å². The van der Waals surface area contributed by atoms with Crippen molar-refractivity contribution in [1.29, 1.82) is 0 Å². The first-order chi connectivity index (χ1) is 10.0. The largest absolute Gasteiger partial charge is 0.496 e. The minimum absolute atomic E-state index is 0.238. The molecule has 1 atom stereocenters. The monoisotopic (exact) mass is 416 g/mol. The van der Waals surface area contributed by atoms with Crippen molar-refractivity contribution in [2.75, 3.05) is 7.11 Å². The molecule has 0 aromatic heterocycles. The van der Waals surface area contributed by atoms with Gasteiger partial charge >= 0.3 is 0 Å². The second-order valence-corrected chi connectivity index (χ2v) is 6.32. The second kappa shape index (κ2) is 7.35. The Hall–Kier alpha value is -0.950. The maximum atomic E-state index is 13.5. The fraction of sp³-hybridized carbons (Fsp3) is 0.200. The summed E-state index contributed by atoms with van der Waals surface area (Å²) in [6.07, 6.45) is 0.571. The van der Waals surface area contributed by atoms with E-state index in [-0.39, 0.29) is 11.9 Å². The van der Waals surface area contributed by atoms with Crippen molar-refractivity contribution in [3.63, 3.8) is 0 Å². The Bertz CT molecular complexity index is 637. The molecule has 0 heterocycles. The van der Waals surface area contributed by atoms with Gasteiger partial charge in [0.1, 0.15) is 11.6 Å². The molecule has 0 aliphatic heterocycles. The van der Waals surface area contributed by atoms with Crippen molar-refractivity contribution in [3.8, 4) is 5.75 Å². The minimum atomic E-state index is -0.297. The molecule has 3 N–H and O–H groups in total. The smallest absolute Gasteiger partial charge is 0.123 e. The van der Waals surface area contributed by atoms with Crippen LogP contribution in [0.3, 0.4) is 0 Å². The summed E-state index contributed by atoms with van der Waals surface area (Å²) in [6, 6.07) is 10.1. The van der Waals surface area contributed by atoms with E-state index >= 15 is 0 Å². The van der Waals surface area contributed by atoms with Crippen LogP contribution in [0.5, 0.6) is 5.75 Å². The lowest BCUT2D eigenvalue weighted by molar-refractivity contribution is 0.405. The van der Waals surface area contributed by atoms with Gasteiger partial charge in [0, 0.05) is 8.95 Å². The third-order valence-corrected chi connectivity index (χ3v) is 4.42. The SMILES string of the molecule is COc1ccc(Br)cc1CC(NN)c1cc(F)ccc1Br. The quantitative estimate of drug-likeness (QED) is 0.568. The summed E-state index contributed by atoms with van der Waals surface area (Å²) < 4.78 is 20.6. The first kappa shape index (κ1) is 16.4. The second-order valence-electron chi connectivity index (χ2n) is 4.55. The third-order valence-electron chi connectivity index (χ3n) is 3.20. The van der Waals surface area contributed by atoms with Crippen molar-refractivity contribution in [3.05, 3.63) is 62.3 Å². The zero-order valence-electron chi connectivity index (χ0n) is 11.4. The van der Waals surface area contributed by atoms with Crippen molar-refractivity contribution < 1.29 is 9.13 Å². The number of halogens is 3. The summed E-state index contributed by atoms with van der Waals surface area (Å²) in [6.45, 7) is 0. The first-order valence-electron chi connectivity index (χ1n) is 6.28. The van der Waals surface area contributed by atoms with Crippen molar-refractivity contribution in [2.24, 2.45) is 5.84 Å². The van der Waals surface area contributed by atoms with Crippen LogP contribution in [0.4, 0.5) is 4.39 Å². The van der Waals surface area contributed by atoms with E-state index in [4.69, 9.17) is 10.6 Å². The highest BCUT2D eigenvalue weighted by atomic mass is 79.9. The lowest BCUT2D eigenvalue weighted by Gasteiger charge is -2.19. The molecule has 2 aromatic rings. The molecule has 0 saturated heterocycles. The van der Waals surface area contributed by atoms with Crippen LogP contribution in [-0.2, 0) is 6.42 Å². The highest BCUT2D eigenvalue weighted by Crippen LogP contribution is 2.31. The molecule has 3 nitrogen and oxygen atoms in total. The maximum Gasteiger partial charge on any atom is 0.123 e. The van der Waals surface area contributed by atoms with Crippen LogP contribution in [-0.4, -0.2) is 7.11 Å². The Morgan fingerprint density at radius 2 is 2.00 bits per heavy atom. The van der Waals surface area contributed by atoms with Gasteiger partial charge in [0.25, 0.3) is 0 Å². The van der Waals surface area contributed by atoms with Gasteiger partial charge in [-0.25, -0.2) is 4.39 Å². The van der Waals surface area contributed by atoms with Gasteiger partial charge in [0.05, 0.1) is 13.2 Å². The highest BCUT2D eigenvalue weighted by molar-refractivity contribution is 9.10. The number of hydrogen-bond acceptors (Lipinski definition) is 3. The molecule has 6 heteroatoms. The summed E-state index contributed by atoms with van der Waals surface area (Å²) in [5.74, 6) is 6.13. The molecule has 0 aliphatic rings. The topological polar surface area (TPSA) is 47.3 Å². The van der Waals surface area contributed by atoms with Gasteiger partial charge in [-0.1, -0.05) is 31.9 Å². The fourth-order valence-corrected chi connectivity index (χ4v) is 3.10. The number of hydrazine groups is 1. The summed E-state index contributed by atoms with van der Waals surface area (Å²) >= 11 is 6.88. The van der Waals surface area contributed by atoms with Gasteiger partial charge in [-0.15, -0.1) is 0 Å². The summed E-state index contributed by atoms with van der Waals surface area (Å²) in [5, 5.41) is 0. The molecule has 0 aliphatic carbocycles. The summed E-state index contributed by atoms with van der Waals surface area (Å²) in [4.78, 5) is 0. The molecule has 0 saturated carbocycles. The Morgan fingerprint density at radius 3 is 2.67 bits per heavy atom. The third kappa shape index (κ3) is 4.03. The van der Waals surface area contributed by atoms with Crippen LogP contribution in [0.25, 0.3) is 0 Å². The van der Waals surface area contributed by atoms with E-state index in [9.17, 15) is 4.39 Å². The average Bonchev–Trinajstić information content (AvgIpc) is 2.47. The van der Waals surface area contributed by atoms with E-state index in [0.29, 0.717) is 6.42 Å². The lowest BCUT2D eigenvalue weighted by Crippen LogP contribution is -2.30. The Kier molecular flexibility index (Phi) is 5.75. The molecule has 0 radical (unpaired) electrons. The highest BCUT2D eigenvalue weighted by Gasteiger charge is 2.17. The first-order valence-corrected chi connectivity index (χ1v) is 7.87. The van der Waals surface area contributed by atoms with E-state index in [1.807, 2.05) is 18.2 Å². The van der Waals surface area contributed by atoms with Gasteiger partial charge in [0.2, 0.25) is 0 Å². The van der Waals surface area contributed by atoms with Gasteiger partial charge in [-0.05, 0) is 53.9 Å². The predicted molar refractivity (Wildman–Crippen MR) is 88.6 cm³/mol. The molecule has 0 fully saturated rings. The number of ether oxygens (including phenoxy) is 1. The number of benzene rings is 2. The molecule has 0 spiro atoms. The van der Waals surface area contributed by atoms with E-state index in [0.717, 1.165) is 25.8 Å². The van der Waals surface area contributed by atoms with Crippen LogP contribution in [0, 0.1) is 5.82 Å². The number of nitrogens with one attached hydrogen (secondary N) is 1. The summed E-state index contributed by atoms with van der Waals surface area (Å²) in [7, 11) is 1.62. The molecular weight excluding hydrogens is 403 g/mol. The van der Waals surface area contributed by atoms with Crippen LogP contribution >= 0.6 is 31.9 Å². The minimum Gasteiger partial charge on any atom is -0.496 e. The van der Waals surface area contributed by atoms with E-state index in [2.05, 4.69) is 37.3 Å². The Labute approximate surface area is 139 Å². The molecule has 0 bridgehead atoms. The maximum absolute atomic E-state index is 13.5. The Morgan fingerprint density at radius 1 is 1.24 bits per heavy atom. The number of methoxy groups -OCH3 is 1. The number of hydrogen-bond donors (Lipinski definition) is 2. The van der Waals surface area contributed by atoms with E-state index < -0.39 is 0 Å². The normalized spacial score (nSPS) is 12.2. The zero-order valence-corrected chi connectivity index (χ0v) is 14.5. The fourth-order valence-electron chi connectivity index (χ4n) is 2.17. The molecule has 0 amide bonds. The van der Waals surface area contributed by atoms with Crippen molar-refractivity contribution >= 4 is 31.9 Å². The van der Waals surface area contributed by atoms with Crippen LogP contribution in [0.15, 0.2) is 45.3 Å². The molecular formula is C15H15Br2FN2O. The Balaban J connectivity index is 2.35. The molecule has 112 valence electrons. The number of nitrogens with two attached hydrogens (primary N) is 1. The van der Waals surface area contributed by atoms with Gasteiger partial charge < -0.3 is 4.74 Å². The standard InChI is InChI=1S/C15H15Br2FN2O/c1-21-15-5-2-10(16)6-9(15)7-14(20-19)12-8-11(18)3-4-13(12)17/h2-6,8,14,20H,7,19H2,1H3.